The molecule has 1 aliphatic carbocycles. The predicted octanol–water partition coefficient (Wildman–Crippen LogP) is 12.3. The van der Waals surface area contributed by atoms with Crippen LogP contribution in [0.25, 0.3) is 88.8 Å². The van der Waals surface area contributed by atoms with Crippen LogP contribution < -0.4 is 0 Å². The molecule has 0 spiro atoms. The third kappa shape index (κ3) is 4.36. The Kier molecular flexibility index (Phi) is 6.27. The Morgan fingerprint density at radius 1 is 0.434 bits per heavy atom. The summed E-state index contributed by atoms with van der Waals surface area (Å²) in [6, 6.07) is 59.1. The summed E-state index contributed by atoms with van der Waals surface area (Å²) in [6.07, 6.45) is 1.89. The van der Waals surface area contributed by atoms with E-state index in [1.54, 1.807) is 0 Å². The summed E-state index contributed by atoms with van der Waals surface area (Å²) in [5.74, 6) is 0.669. The molecule has 0 saturated carbocycles. The molecule has 10 aromatic rings. The molecule has 0 amide bonds. The van der Waals surface area contributed by atoms with E-state index in [1.165, 1.54) is 60.4 Å². The Morgan fingerprint density at radius 2 is 1.09 bits per heavy atom. The second kappa shape index (κ2) is 11.1. The molecule has 0 radical (unpaired) electrons. The second-order valence-corrected chi connectivity index (χ2v) is 14.7. The fourth-order valence-electron chi connectivity index (χ4n) is 8.86. The summed E-state index contributed by atoms with van der Waals surface area (Å²) in [7, 11) is 0. The van der Waals surface area contributed by atoms with Crippen molar-refractivity contribution in [1.29, 1.82) is 0 Å². The van der Waals surface area contributed by atoms with Gasteiger partial charge in [0.05, 0.1) is 27.8 Å². The van der Waals surface area contributed by atoms with Gasteiger partial charge >= 0.3 is 0 Å². The van der Waals surface area contributed by atoms with Crippen LogP contribution in [0.3, 0.4) is 0 Å². The number of aromatic nitrogens is 4. The fourth-order valence-corrected chi connectivity index (χ4v) is 8.86. The third-order valence-electron chi connectivity index (χ3n) is 11.4. The van der Waals surface area contributed by atoms with Crippen molar-refractivity contribution in [1.82, 2.24) is 19.1 Å². The normalized spacial score (nSPS) is 13.2. The monoisotopic (exact) mass is 678 g/mol. The number of nitrogens with zero attached hydrogens (tertiary/aromatic N) is 4. The average molecular weight is 679 g/mol. The lowest BCUT2D eigenvalue weighted by Crippen LogP contribution is -2.15. The van der Waals surface area contributed by atoms with Crippen LogP contribution >= 0.6 is 0 Å². The maximum absolute atomic E-state index is 5.27. The molecule has 0 unspecified atom stereocenters. The van der Waals surface area contributed by atoms with Gasteiger partial charge in [-0.1, -0.05) is 117 Å². The average Bonchev–Trinajstić information content (AvgIpc) is 3.80. The van der Waals surface area contributed by atoms with Crippen LogP contribution in [-0.2, 0) is 5.41 Å². The third-order valence-corrected chi connectivity index (χ3v) is 11.4. The van der Waals surface area contributed by atoms with E-state index in [0.717, 1.165) is 33.5 Å². The highest BCUT2D eigenvalue weighted by Crippen LogP contribution is 2.51. The topological polar surface area (TPSA) is 35.6 Å². The van der Waals surface area contributed by atoms with Gasteiger partial charge in [0, 0.05) is 44.4 Å². The molecule has 0 aliphatic heterocycles. The fraction of sp³-hybridized carbons (Fsp3) is 0.0612. The van der Waals surface area contributed by atoms with E-state index in [9.17, 15) is 0 Å². The molecule has 3 aromatic heterocycles. The first-order valence-electron chi connectivity index (χ1n) is 18.2. The van der Waals surface area contributed by atoms with Crippen LogP contribution in [0.2, 0.25) is 0 Å². The SMILES string of the molecule is CC1(C)c2ccccc2-c2cc3c4ccccc4n(-c4nccc(-c5cccc(-c6ccc7c(c6)c6ccccc6n7-c6ccccc6)c5)n4)c3cc21. The van der Waals surface area contributed by atoms with Crippen molar-refractivity contribution in [3.8, 4) is 45.1 Å². The molecule has 0 fully saturated rings. The van der Waals surface area contributed by atoms with Crippen LogP contribution in [-0.4, -0.2) is 19.1 Å². The van der Waals surface area contributed by atoms with Crippen LogP contribution in [0.1, 0.15) is 25.0 Å². The Morgan fingerprint density at radius 3 is 1.92 bits per heavy atom. The molecular formula is C49H34N4. The van der Waals surface area contributed by atoms with Crippen molar-refractivity contribution in [2.45, 2.75) is 19.3 Å². The van der Waals surface area contributed by atoms with Gasteiger partial charge in [-0.25, -0.2) is 9.97 Å². The quantitative estimate of drug-likeness (QED) is 0.186. The van der Waals surface area contributed by atoms with Gasteiger partial charge in [-0.2, -0.15) is 0 Å². The zero-order chi connectivity index (χ0) is 35.3. The number of rotatable bonds is 4. The van der Waals surface area contributed by atoms with Crippen molar-refractivity contribution < 1.29 is 0 Å². The van der Waals surface area contributed by atoms with Crippen molar-refractivity contribution in [2.24, 2.45) is 0 Å². The Balaban J connectivity index is 1.04. The van der Waals surface area contributed by atoms with Gasteiger partial charge in [0.15, 0.2) is 0 Å². The van der Waals surface area contributed by atoms with Crippen LogP contribution in [0.5, 0.6) is 0 Å². The minimum absolute atomic E-state index is 0.107. The van der Waals surface area contributed by atoms with Gasteiger partial charge < -0.3 is 4.57 Å². The number of hydrogen-bond acceptors (Lipinski definition) is 2. The van der Waals surface area contributed by atoms with Crippen molar-refractivity contribution >= 4 is 43.6 Å². The van der Waals surface area contributed by atoms with E-state index in [4.69, 9.17) is 9.97 Å². The molecule has 250 valence electrons. The molecule has 4 heteroatoms. The van der Waals surface area contributed by atoms with Crippen molar-refractivity contribution in [3.63, 3.8) is 0 Å². The van der Waals surface area contributed by atoms with Gasteiger partial charge in [0.1, 0.15) is 0 Å². The van der Waals surface area contributed by atoms with E-state index in [-0.39, 0.29) is 5.41 Å². The lowest BCUT2D eigenvalue weighted by molar-refractivity contribution is 0.661. The van der Waals surface area contributed by atoms with E-state index < -0.39 is 0 Å². The largest absolute Gasteiger partial charge is 0.309 e. The highest BCUT2D eigenvalue weighted by atomic mass is 15.2. The van der Waals surface area contributed by atoms with E-state index in [1.807, 2.05) is 12.3 Å². The first-order chi connectivity index (χ1) is 26.0. The maximum atomic E-state index is 5.27. The minimum atomic E-state index is -0.107. The molecule has 0 bridgehead atoms. The zero-order valence-electron chi connectivity index (χ0n) is 29.5. The van der Waals surface area contributed by atoms with Gasteiger partial charge in [0.2, 0.25) is 5.95 Å². The van der Waals surface area contributed by atoms with Crippen LogP contribution in [0.15, 0.2) is 170 Å². The predicted molar refractivity (Wildman–Crippen MR) is 219 cm³/mol. The second-order valence-electron chi connectivity index (χ2n) is 14.7. The molecule has 0 atom stereocenters. The summed E-state index contributed by atoms with van der Waals surface area (Å²) >= 11 is 0. The number of para-hydroxylation sites is 3. The molecule has 1 aliphatic rings. The minimum Gasteiger partial charge on any atom is -0.309 e. The molecule has 0 N–H and O–H groups in total. The van der Waals surface area contributed by atoms with E-state index >= 15 is 0 Å². The van der Waals surface area contributed by atoms with Crippen molar-refractivity contribution in [3.05, 3.63) is 181 Å². The smallest absolute Gasteiger partial charge is 0.235 e. The summed E-state index contributed by atoms with van der Waals surface area (Å²) in [5, 5.41) is 4.90. The number of hydrogen-bond donors (Lipinski definition) is 0. The summed E-state index contributed by atoms with van der Waals surface area (Å²) < 4.78 is 4.60. The first-order valence-corrected chi connectivity index (χ1v) is 18.2. The van der Waals surface area contributed by atoms with Gasteiger partial charge in [-0.05, 0) is 94.0 Å². The summed E-state index contributed by atoms with van der Waals surface area (Å²) in [6.45, 7) is 4.67. The zero-order valence-corrected chi connectivity index (χ0v) is 29.5. The molecule has 53 heavy (non-hydrogen) atoms. The standard InChI is InChI=1S/C49H34N4/c1-49(2)41-20-9-6-17-35(41)38-29-40-37-19-8-11-22-45(37)53(47(40)30-42(38)49)48-50-26-25-43(51-48)33-14-12-13-31(27-33)32-23-24-46-39(28-32)36-18-7-10-21-44(36)52(46)34-15-4-3-5-16-34/h3-30H,1-2H3. The molecule has 4 nitrogen and oxygen atoms in total. The maximum Gasteiger partial charge on any atom is 0.235 e. The Labute approximate surface area is 307 Å². The van der Waals surface area contributed by atoms with E-state index in [0.29, 0.717) is 5.95 Å². The van der Waals surface area contributed by atoms with Gasteiger partial charge in [0.25, 0.3) is 0 Å². The summed E-state index contributed by atoms with van der Waals surface area (Å²) in [4.78, 5) is 10.2. The summed E-state index contributed by atoms with van der Waals surface area (Å²) in [5.41, 5.74) is 15.3. The molecular weight excluding hydrogens is 645 g/mol. The van der Waals surface area contributed by atoms with Crippen LogP contribution in [0.4, 0.5) is 0 Å². The lowest BCUT2D eigenvalue weighted by Gasteiger charge is -2.21. The molecule has 0 saturated heterocycles. The van der Waals surface area contributed by atoms with Gasteiger partial charge in [-0.3, -0.25) is 4.57 Å². The van der Waals surface area contributed by atoms with E-state index in [2.05, 4.69) is 181 Å². The number of benzene rings is 7. The van der Waals surface area contributed by atoms with Crippen molar-refractivity contribution in [2.75, 3.05) is 0 Å². The Bertz CT molecular complexity index is 3090. The molecule has 11 rings (SSSR count). The first kappa shape index (κ1) is 29.9. The van der Waals surface area contributed by atoms with Crippen LogP contribution in [0, 0.1) is 0 Å². The highest BCUT2D eigenvalue weighted by Gasteiger charge is 2.36. The van der Waals surface area contributed by atoms with Gasteiger partial charge in [-0.15, -0.1) is 0 Å². The number of fused-ring (bicyclic) bond motifs is 9. The lowest BCUT2D eigenvalue weighted by atomic mass is 9.82. The molecule has 7 aromatic carbocycles. The highest BCUT2D eigenvalue weighted by molar-refractivity contribution is 6.12. The Hall–Kier alpha value is -6.78. The molecule has 3 heterocycles.